The molecule has 1 fully saturated rings. The molecule has 1 aromatic carbocycles. The fraction of sp³-hybridized carbons (Fsp3) is 0.632. The van der Waals surface area contributed by atoms with E-state index in [1.165, 1.54) is 10.6 Å². The molecule has 0 spiro atoms. The van der Waals surface area contributed by atoms with Gasteiger partial charge in [0.15, 0.2) is 0 Å². The Hall–Kier alpha value is -1.56. The van der Waals surface area contributed by atoms with E-state index < -0.39 is 16.1 Å². The number of amides is 1. The highest BCUT2D eigenvalue weighted by atomic mass is 32.2. The Bertz CT molecular complexity index is 722. The molecule has 0 radical (unpaired) electrons. The molecule has 0 saturated carbocycles. The first-order chi connectivity index (χ1) is 11.6. The van der Waals surface area contributed by atoms with Crippen LogP contribution in [0.5, 0.6) is 0 Å². The molecule has 2 rings (SSSR count). The van der Waals surface area contributed by atoms with Crippen molar-refractivity contribution >= 4 is 21.6 Å². The van der Waals surface area contributed by atoms with E-state index in [1.807, 2.05) is 37.8 Å². The van der Waals surface area contributed by atoms with Gasteiger partial charge >= 0.3 is 0 Å². The van der Waals surface area contributed by atoms with Crippen LogP contribution in [0, 0.1) is 19.8 Å². The summed E-state index contributed by atoms with van der Waals surface area (Å²) >= 11 is 0. The molecular formula is C19H30N2O3S. The lowest BCUT2D eigenvalue weighted by atomic mass is 9.98. The van der Waals surface area contributed by atoms with E-state index >= 15 is 0 Å². The molecule has 1 unspecified atom stereocenters. The van der Waals surface area contributed by atoms with E-state index in [1.54, 1.807) is 6.07 Å². The molecule has 1 saturated heterocycles. The zero-order valence-electron chi connectivity index (χ0n) is 15.9. The summed E-state index contributed by atoms with van der Waals surface area (Å²) in [5.41, 5.74) is 2.68. The number of piperidine rings is 1. The van der Waals surface area contributed by atoms with Crippen molar-refractivity contribution in [2.24, 2.45) is 5.92 Å². The summed E-state index contributed by atoms with van der Waals surface area (Å²) in [5.74, 6) is 0.535. The zero-order chi connectivity index (χ0) is 18.8. The van der Waals surface area contributed by atoms with Crippen molar-refractivity contribution in [3.05, 3.63) is 29.3 Å². The fourth-order valence-electron chi connectivity index (χ4n) is 3.35. The molecule has 1 aliphatic heterocycles. The van der Waals surface area contributed by atoms with Gasteiger partial charge in [-0.15, -0.1) is 0 Å². The Morgan fingerprint density at radius 2 is 1.84 bits per heavy atom. The van der Waals surface area contributed by atoms with Gasteiger partial charge in [-0.2, -0.15) is 0 Å². The molecule has 5 nitrogen and oxygen atoms in total. The second-order valence-corrected chi connectivity index (χ2v) is 9.12. The lowest BCUT2D eigenvalue weighted by Crippen LogP contribution is -2.52. The summed E-state index contributed by atoms with van der Waals surface area (Å²) in [5, 5.41) is 0. The standard InChI is InChI=1S/C19H30N2O3S/c1-6-18(19(22)20-11-9-14(2)10-12-20)21(25(5,23)24)17-8-7-15(3)16(4)13-17/h7-8,13-14,18H,6,9-12H2,1-5H3. The molecule has 0 bridgehead atoms. The van der Waals surface area contributed by atoms with Crippen molar-refractivity contribution in [3.8, 4) is 0 Å². The lowest BCUT2D eigenvalue weighted by molar-refractivity contribution is -0.133. The summed E-state index contributed by atoms with van der Waals surface area (Å²) in [7, 11) is -3.57. The van der Waals surface area contributed by atoms with E-state index in [0.29, 0.717) is 31.1 Å². The first kappa shape index (κ1) is 19.8. The number of anilines is 1. The molecular weight excluding hydrogens is 336 g/mol. The number of sulfonamides is 1. The van der Waals surface area contributed by atoms with Gasteiger partial charge in [0.25, 0.3) is 0 Å². The van der Waals surface area contributed by atoms with Crippen LogP contribution in [0.4, 0.5) is 5.69 Å². The van der Waals surface area contributed by atoms with E-state index in [9.17, 15) is 13.2 Å². The summed E-state index contributed by atoms with van der Waals surface area (Å²) in [6.45, 7) is 9.42. The number of carbonyl (C=O) groups excluding carboxylic acids is 1. The molecule has 0 aromatic heterocycles. The van der Waals surface area contributed by atoms with E-state index in [-0.39, 0.29) is 5.91 Å². The van der Waals surface area contributed by atoms with Crippen molar-refractivity contribution in [3.63, 3.8) is 0 Å². The summed E-state index contributed by atoms with van der Waals surface area (Å²) in [6.07, 6.45) is 3.58. The van der Waals surface area contributed by atoms with E-state index in [4.69, 9.17) is 0 Å². The summed E-state index contributed by atoms with van der Waals surface area (Å²) < 4.78 is 26.4. The maximum Gasteiger partial charge on any atom is 0.246 e. The Morgan fingerprint density at radius 3 is 2.32 bits per heavy atom. The second-order valence-electron chi connectivity index (χ2n) is 7.26. The fourth-order valence-corrected chi connectivity index (χ4v) is 4.54. The number of hydrogen-bond acceptors (Lipinski definition) is 3. The average molecular weight is 367 g/mol. The van der Waals surface area contributed by atoms with Gasteiger partial charge in [0.1, 0.15) is 6.04 Å². The quantitative estimate of drug-likeness (QED) is 0.804. The SMILES string of the molecule is CCC(C(=O)N1CCC(C)CC1)N(c1ccc(C)c(C)c1)S(C)(=O)=O. The van der Waals surface area contributed by atoms with Gasteiger partial charge in [-0.05, 0) is 62.3 Å². The van der Waals surface area contributed by atoms with Crippen LogP contribution in [0.25, 0.3) is 0 Å². The number of rotatable bonds is 5. The Balaban J connectivity index is 2.37. The van der Waals surface area contributed by atoms with Crippen LogP contribution in [0.2, 0.25) is 0 Å². The maximum absolute atomic E-state index is 13.1. The van der Waals surface area contributed by atoms with Crippen molar-refractivity contribution in [2.45, 2.75) is 53.0 Å². The molecule has 1 heterocycles. The highest BCUT2D eigenvalue weighted by molar-refractivity contribution is 7.92. The van der Waals surface area contributed by atoms with Crippen LogP contribution in [0.15, 0.2) is 18.2 Å². The van der Waals surface area contributed by atoms with Gasteiger partial charge in [0.05, 0.1) is 11.9 Å². The van der Waals surface area contributed by atoms with Crippen molar-refractivity contribution in [2.75, 3.05) is 23.7 Å². The van der Waals surface area contributed by atoms with Gasteiger partial charge in [0, 0.05) is 13.1 Å². The van der Waals surface area contributed by atoms with Crippen molar-refractivity contribution < 1.29 is 13.2 Å². The predicted molar refractivity (Wildman–Crippen MR) is 102 cm³/mol. The third-order valence-corrected chi connectivity index (χ3v) is 6.33. The van der Waals surface area contributed by atoms with Gasteiger partial charge in [0.2, 0.25) is 15.9 Å². The highest BCUT2D eigenvalue weighted by Crippen LogP contribution is 2.27. The van der Waals surface area contributed by atoms with Crippen LogP contribution in [0.3, 0.4) is 0 Å². The number of hydrogen-bond donors (Lipinski definition) is 0. The van der Waals surface area contributed by atoms with Crippen molar-refractivity contribution in [1.82, 2.24) is 4.90 Å². The van der Waals surface area contributed by atoms with E-state index in [2.05, 4.69) is 6.92 Å². The zero-order valence-corrected chi connectivity index (χ0v) is 16.8. The molecule has 1 aliphatic rings. The lowest BCUT2D eigenvalue weighted by Gasteiger charge is -2.37. The molecule has 6 heteroatoms. The topological polar surface area (TPSA) is 57.7 Å². The summed E-state index contributed by atoms with van der Waals surface area (Å²) in [4.78, 5) is 14.9. The minimum absolute atomic E-state index is 0.0851. The van der Waals surface area contributed by atoms with Crippen LogP contribution < -0.4 is 4.31 Å². The number of nitrogens with zero attached hydrogens (tertiary/aromatic N) is 2. The second kappa shape index (κ2) is 7.77. The molecule has 1 atom stereocenters. The van der Waals surface area contributed by atoms with Gasteiger partial charge in [-0.25, -0.2) is 8.42 Å². The van der Waals surface area contributed by atoms with E-state index in [0.717, 1.165) is 24.0 Å². The predicted octanol–water partition coefficient (Wildman–Crippen LogP) is 3.11. The van der Waals surface area contributed by atoms with Crippen molar-refractivity contribution in [1.29, 1.82) is 0 Å². The Kier molecular flexibility index (Phi) is 6.14. The number of carbonyl (C=O) groups is 1. The van der Waals surface area contributed by atoms with Crippen LogP contribution in [0.1, 0.15) is 44.2 Å². The van der Waals surface area contributed by atoms with Crippen LogP contribution in [-0.2, 0) is 14.8 Å². The first-order valence-corrected chi connectivity index (χ1v) is 10.9. The normalized spacial score (nSPS) is 17.4. The van der Waals surface area contributed by atoms with Gasteiger partial charge < -0.3 is 4.90 Å². The molecule has 0 aliphatic carbocycles. The molecule has 1 amide bonds. The Labute approximate surface area is 152 Å². The molecule has 1 aromatic rings. The number of benzene rings is 1. The third-order valence-electron chi connectivity index (χ3n) is 5.15. The maximum atomic E-state index is 13.1. The minimum Gasteiger partial charge on any atom is -0.341 e. The van der Waals surface area contributed by atoms with Crippen LogP contribution in [-0.4, -0.2) is 44.6 Å². The smallest absolute Gasteiger partial charge is 0.246 e. The highest BCUT2D eigenvalue weighted by Gasteiger charge is 2.35. The minimum atomic E-state index is -3.57. The largest absolute Gasteiger partial charge is 0.341 e. The average Bonchev–Trinajstić information content (AvgIpc) is 2.54. The first-order valence-electron chi connectivity index (χ1n) is 9.00. The Morgan fingerprint density at radius 1 is 1.24 bits per heavy atom. The molecule has 25 heavy (non-hydrogen) atoms. The summed E-state index contributed by atoms with van der Waals surface area (Å²) in [6, 6.07) is 4.86. The van der Waals surface area contributed by atoms with Gasteiger partial charge in [-0.1, -0.05) is 19.9 Å². The van der Waals surface area contributed by atoms with Crippen LogP contribution >= 0.6 is 0 Å². The molecule has 0 N–H and O–H groups in total. The molecule has 140 valence electrons. The number of likely N-dealkylation sites (tertiary alicyclic amines) is 1. The monoisotopic (exact) mass is 366 g/mol. The third kappa shape index (κ3) is 4.54. The van der Waals surface area contributed by atoms with Gasteiger partial charge in [-0.3, -0.25) is 9.10 Å². The number of aryl methyl sites for hydroxylation is 2.